The predicted molar refractivity (Wildman–Crippen MR) is 158 cm³/mol. The normalized spacial score (nSPS) is 10.7. The molecule has 40 heavy (non-hydrogen) atoms. The van der Waals surface area contributed by atoms with Crippen LogP contribution in [0.15, 0.2) is 62.4 Å². The monoisotopic (exact) mass is 609 g/mol. The standard InChI is InChI=1S/C27H21Cl2N7O2S2/c28-21-5-4-15(11-30)6-18(21)13-39-26-33-20(9-24(37)35-26)3-1-2-16-8-22(29)19(7-17(16)12-31)14-40-27-34-23(32)10-25(38)36-27/h4-10H,1-3,13-14H2,(H,33,35,37)(H3,32,34,36,38). The molecular formula is C27H21Cl2N7O2S2. The van der Waals surface area contributed by atoms with Crippen LogP contribution in [0.25, 0.3) is 0 Å². The van der Waals surface area contributed by atoms with Crippen LogP contribution in [0.3, 0.4) is 0 Å². The smallest absolute Gasteiger partial charge is 0.253 e. The lowest BCUT2D eigenvalue weighted by molar-refractivity contribution is 0.767. The average Bonchev–Trinajstić information content (AvgIpc) is 2.91. The molecule has 0 saturated heterocycles. The Morgan fingerprint density at radius 3 is 2.15 bits per heavy atom. The van der Waals surface area contributed by atoms with Gasteiger partial charge in [0.2, 0.25) is 0 Å². The number of nitrogens with zero attached hydrogens (tertiary/aromatic N) is 4. The summed E-state index contributed by atoms with van der Waals surface area (Å²) in [5.41, 5.74) is 8.97. The molecule has 0 amide bonds. The number of rotatable bonds is 10. The molecule has 0 atom stereocenters. The van der Waals surface area contributed by atoms with Gasteiger partial charge in [-0.1, -0.05) is 46.7 Å². The van der Waals surface area contributed by atoms with Gasteiger partial charge in [-0.25, -0.2) is 9.97 Å². The van der Waals surface area contributed by atoms with Gasteiger partial charge in [0, 0.05) is 39.4 Å². The summed E-state index contributed by atoms with van der Waals surface area (Å²) in [4.78, 5) is 37.8. The zero-order valence-corrected chi connectivity index (χ0v) is 24.0. The number of nitrogen functional groups attached to an aromatic ring is 1. The number of nitrogens with one attached hydrogen (secondary N) is 2. The maximum atomic E-state index is 12.2. The third kappa shape index (κ3) is 7.90. The van der Waals surface area contributed by atoms with Crippen LogP contribution < -0.4 is 16.9 Å². The van der Waals surface area contributed by atoms with Crippen molar-refractivity contribution in [3.8, 4) is 12.1 Å². The molecule has 0 aliphatic carbocycles. The van der Waals surface area contributed by atoms with Gasteiger partial charge in [-0.3, -0.25) is 9.59 Å². The third-order valence-electron chi connectivity index (χ3n) is 5.69. The number of thioether (sulfide) groups is 2. The van der Waals surface area contributed by atoms with Crippen molar-refractivity contribution >= 4 is 52.5 Å². The zero-order valence-electron chi connectivity index (χ0n) is 20.8. The van der Waals surface area contributed by atoms with Crippen molar-refractivity contribution in [3.05, 3.63) is 107 Å². The number of benzene rings is 2. The van der Waals surface area contributed by atoms with Crippen LogP contribution in [-0.2, 0) is 24.3 Å². The second kappa shape index (κ2) is 13.6. The van der Waals surface area contributed by atoms with Gasteiger partial charge in [-0.15, -0.1) is 0 Å². The minimum atomic E-state index is -0.343. The van der Waals surface area contributed by atoms with Gasteiger partial charge in [-0.05, 0) is 66.3 Å². The highest BCUT2D eigenvalue weighted by Gasteiger charge is 2.12. The molecule has 4 N–H and O–H groups in total. The number of halogens is 2. The van der Waals surface area contributed by atoms with Crippen molar-refractivity contribution in [2.45, 2.75) is 41.1 Å². The molecule has 4 rings (SSSR count). The lowest BCUT2D eigenvalue weighted by Crippen LogP contribution is -2.10. The molecular weight excluding hydrogens is 589 g/mol. The molecule has 2 aromatic carbocycles. The number of H-pyrrole nitrogens is 2. The van der Waals surface area contributed by atoms with Gasteiger partial charge >= 0.3 is 0 Å². The first kappa shape index (κ1) is 29.2. The van der Waals surface area contributed by atoms with E-state index in [9.17, 15) is 14.9 Å². The highest BCUT2D eigenvalue weighted by molar-refractivity contribution is 7.98. The summed E-state index contributed by atoms with van der Waals surface area (Å²) < 4.78 is 0. The molecule has 0 radical (unpaired) electrons. The van der Waals surface area contributed by atoms with Gasteiger partial charge in [0.1, 0.15) is 5.82 Å². The Morgan fingerprint density at radius 1 is 0.800 bits per heavy atom. The number of hydrogen-bond acceptors (Lipinski definition) is 9. The maximum absolute atomic E-state index is 12.2. The van der Waals surface area contributed by atoms with Gasteiger partial charge < -0.3 is 15.7 Å². The van der Waals surface area contributed by atoms with Crippen molar-refractivity contribution in [2.24, 2.45) is 0 Å². The molecule has 202 valence electrons. The summed E-state index contributed by atoms with van der Waals surface area (Å²) in [5, 5.41) is 20.7. The third-order valence-corrected chi connectivity index (χ3v) is 8.25. The van der Waals surface area contributed by atoms with E-state index in [1.54, 1.807) is 30.3 Å². The van der Waals surface area contributed by atoms with Gasteiger partial charge in [0.15, 0.2) is 10.3 Å². The van der Waals surface area contributed by atoms with E-state index in [2.05, 4.69) is 32.1 Å². The van der Waals surface area contributed by atoms with Crippen LogP contribution in [0.2, 0.25) is 10.0 Å². The number of hydrogen-bond donors (Lipinski definition) is 3. The van der Waals surface area contributed by atoms with Crippen LogP contribution in [0.1, 0.15) is 39.9 Å². The SMILES string of the molecule is N#Cc1ccc(Cl)c(CSc2nc(CCCc3cc(Cl)c(CSc4nc(N)cc(=O)[nH]4)cc3C#N)cc(=O)[nH]2)c1. The van der Waals surface area contributed by atoms with Crippen LogP contribution in [0, 0.1) is 22.7 Å². The highest BCUT2D eigenvalue weighted by atomic mass is 35.5. The zero-order chi connectivity index (χ0) is 28.6. The van der Waals surface area contributed by atoms with E-state index in [1.165, 1.54) is 35.7 Å². The molecule has 13 heteroatoms. The second-order valence-electron chi connectivity index (χ2n) is 8.58. The minimum absolute atomic E-state index is 0.126. The first-order chi connectivity index (χ1) is 19.2. The number of nitrogens with two attached hydrogens (primary N) is 1. The molecule has 2 aromatic heterocycles. The van der Waals surface area contributed by atoms with Gasteiger partial charge in [0.05, 0.1) is 23.3 Å². The fourth-order valence-electron chi connectivity index (χ4n) is 3.79. The first-order valence-electron chi connectivity index (χ1n) is 11.9. The predicted octanol–water partition coefficient (Wildman–Crippen LogP) is 5.25. The number of anilines is 1. The van der Waals surface area contributed by atoms with Crippen molar-refractivity contribution in [1.82, 2.24) is 19.9 Å². The molecule has 4 aromatic rings. The Morgan fingerprint density at radius 2 is 1.48 bits per heavy atom. The van der Waals surface area contributed by atoms with Crippen LogP contribution in [0.4, 0.5) is 5.82 Å². The average molecular weight is 611 g/mol. The fourth-order valence-corrected chi connectivity index (χ4v) is 6.14. The molecule has 0 aliphatic heterocycles. The number of aryl methyl sites for hydroxylation is 2. The Bertz CT molecular complexity index is 1760. The van der Waals surface area contributed by atoms with E-state index in [0.29, 0.717) is 67.9 Å². The maximum Gasteiger partial charge on any atom is 0.253 e. The Labute approximate surface area is 247 Å². The van der Waals surface area contributed by atoms with E-state index >= 15 is 0 Å². The van der Waals surface area contributed by atoms with Gasteiger partial charge in [0.25, 0.3) is 11.1 Å². The highest BCUT2D eigenvalue weighted by Crippen LogP contribution is 2.29. The minimum Gasteiger partial charge on any atom is -0.383 e. The van der Waals surface area contributed by atoms with Crippen LogP contribution in [-0.4, -0.2) is 19.9 Å². The Balaban J connectivity index is 1.39. The van der Waals surface area contributed by atoms with Crippen molar-refractivity contribution < 1.29 is 0 Å². The Hall–Kier alpha value is -3.74. The molecule has 0 bridgehead atoms. The molecule has 0 unspecified atom stereocenters. The van der Waals surface area contributed by atoms with Crippen LogP contribution >= 0.6 is 46.7 Å². The van der Waals surface area contributed by atoms with Gasteiger partial charge in [-0.2, -0.15) is 10.5 Å². The van der Waals surface area contributed by atoms with Crippen LogP contribution in [0.5, 0.6) is 0 Å². The Kier molecular flexibility index (Phi) is 9.91. The summed E-state index contributed by atoms with van der Waals surface area (Å²) in [6.07, 6.45) is 1.73. The van der Waals surface area contributed by atoms with E-state index in [0.717, 1.165) is 16.7 Å². The first-order valence-corrected chi connectivity index (χ1v) is 14.6. The van der Waals surface area contributed by atoms with Crippen molar-refractivity contribution in [2.75, 3.05) is 5.73 Å². The van der Waals surface area contributed by atoms with E-state index in [4.69, 9.17) is 34.2 Å². The molecule has 0 fully saturated rings. The number of nitriles is 2. The largest absolute Gasteiger partial charge is 0.383 e. The summed E-state index contributed by atoms with van der Waals surface area (Å²) >= 11 is 15.3. The molecule has 0 saturated carbocycles. The second-order valence-corrected chi connectivity index (χ2v) is 11.3. The summed E-state index contributed by atoms with van der Waals surface area (Å²) in [7, 11) is 0. The molecule has 0 aliphatic rings. The number of aromatic nitrogens is 4. The quantitative estimate of drug-likeness (QED) is 0.161. The van der Waals surface area contributed by atoms with E-state index in [-0.39, 0.29) is 16.9 Å². The van der Waals surface area contributed by atoms with E-state index < -0.39 is 0 Å². The van der Waals surface area contributed by atoms with E-state index in [1.807, 2.05) is 0 Å². The molecule has 9 nitrogen and oxygen atoms in total. The summed E-state index contributed by atoms with van der Waals surface area (Å²) in [6, 6.07) is 15.5. The number of aromatic amines is 2. The summed E-state index contributed by atoms with van der Waals surface area (Å²) in [5.74, 6) is 0.962. The lowest BCUT2D eigenvalue weighted by atomic mass is 10.00. The van der Waals surface area contributed by atoms with Crippen molar-refractivity contribution in [1.29, 1.82) is 10.5 Å². The van der Waals surface area contributed by atoms with Crippen molar-refractivity contribution in [3.63, 3.8) is 0 Å². The molecule has 2 heterocycles. The lowest BCUT2D eigenvalue weighted by Gasteiger charge is -2.10. The fraction of sp³-hybridized carbons (Fsp3) is 0.185. The molecule has 0 spiro atoms. The topological polar surface area (TPSA) is 165 Å². The summed E-state index contributed by atoms with van der Waals surface area (Å²) in [6.45, 7) is 0.